The van der Waals surface area contributed by atoms with Crippen molar-refractivity contribution in [2.45, 2.75) is 36.5 Å². The van der Waals surface area contributed by atoms with Crippen molar-refractivity contribution in [2.75, 3.05) is 13.1 Å². The highest BCUT2D eigenvalue weighted by Gasteiger charge is 2.55. The highest BCUT2D eigenvalue weighted by Crippen LogP contribution is 2.51. The van der Waals surface area contributed by atoms with Crippen LogP contribution in [0.2, 0.25) is 0 Å². The molecule has 5 heteroatoms. The summed E-state index contributed by atoms with van der Waals surface area (Å²) in [6.07, 6.45) is 2.02. The molecule has 27 heavy (non-hydrogen) atoms. The van der Waals surface area contributed by atoms with Crippen LogP contribution in [0.1, 0.15) is 36.8 Å². The molecule has 0 aromatic heterocycles. The molecule has 140 valence electrons. The Morgan fingerprint density at radius 3 is 2.00 bits per heavy atom. The minimum absolute atomic E-state index is 0.0698. The number of hydrogen-bond acceptors (Lipinski definition) is 2. The van der Waals surface area contributed by atoms with Crippen molar-refractivity contribution in [3.63, 3.8) is 0 Å². The van der Waals surface area contributed by atoms with Crippen LogP contribution >= 0.6 is 0 Å². The first-order valence-electron chi connectivity index (χ1n) is 9.33. The smallest absolute Gasteiger partial charge is 0.314 e. The average molecular weight is 367 g/mol. The van der Waals surface area contributed by atoms with Crippen molar-refractivity contribution in [1.82, 2.24) is 4.90 Å². The first kappa shape index (κ1) is 17.7. The van der Waals surface area contributed by atoms with Gasteiger partial charge in [0.25, 0.3) is 0 Å². The van der Waals surface area contributed by atoms with Crippen LogP contribution in [0.3, 0.4) is 0 Å². The number of carboxylic acids is 1. The molecular weight excluding hydrogens is 345 g/mol. The van der Waals surface area contributed by atoms with Crippen molar-refractivity contribution in [2.24, 2.45) is 0 Å². The lowest BCUT2D eigenvalue weighted by Gasteiger charge is -2.40. The molecule has 1 heterocycles. The minimum atomic E-state index is -0.966. The molecule has 1 N–H and O–H groups in total. The van der Waals surface area contributed by atoms with Gasteiger partial charge in [0.15, 0.2) is 0 Å². The maximum Gasteiger partial charge on any atom is 0.314 e. The fraction of sp³-hybridized carbons (Fsp3) is 0.364. The summed E-state index contributed by atoms with van der Waals surface area (Å²) in [5.41, 5.74) is -0.485. The van der Waals surface area contributed by atoms with Crippen LogP contribution in [-0.2, 0) is 20.4 Å². The van der Waals surface area contributed by atoms with Crippen molar-refractivity contribution in [3.05, 3.63) is 71.5 Å². The molecule has 1 aliphatic carbocycles. The predicted molar refractivity (Wildman–Crippen MR) is 98.9 cm³/mol. The third-order valence-electron chi connectivity index (χ3n) is 6.19. The number of amides is 1. The van der Waals surface area contributed by atoms with Crippen LogP contribution in [0.5, 0.6) is 0 Å². The van der Waals surface area contributed by atoms with E-state index in [1.807, 2.05) is 30.3 Å². The van der Waals surface area contributed by atoms with Gasteiger partial charge in [-0.25, -0.2) is 4.39 Å². The highest BCUT2D eigenvalue weighted by molar-refractivity contribution is 5.92. The lowest BCUT2D eigenvalue weighted by Crippen LogP contribution is -2.51. The van der Waals surface area contributed by atoms with Gasteiger partial charge in [-0.2, -0.15) is 0 Å². The predicted octanol–water partition coefficient (Wildman–Crippen LogP) is 3.50. The monoisotopic (exact) mass is 367 g/mol. The molecule has 0 atom stereocenters. The zero-order chi connectivity index (χ0) is 19.1. The van der Waals surface area contributed by atoms with E-state index in [0.29, 0.717) is 44.3 Å². The Kier molecular flexibility index (Phi) is 4.25. The van der Waals surface area contributed by atoms with Gasteiger partial charge in [-0.3, -0.25) is 9.59 Å². The Balaban J connectivity index is 1.55. The van der Waals surface area contributed by atoms with E-state index in [0.717, 1.165) is 5.56 Å². The number of hydrogen-bond donors (Lipinski definition) is 1. The topological polar surface area (TPSA) is 57.6 Å². The van der Waals surface area contributed by atoms with Gasteiger partial charge in [0.05, 0.1) is 10.8 Å². The quantitative estimate of drug-likeness (QED) is 0.900. The zero-order valence-electron chi connectivity index (χ0n) is 15.0. The Hall–Kier alpha value is -2.69. The van der Waals surface area contributed by atoms with Gasteiger partial charge < -0.3 is 10.0 Å². The van der Waals surface area contributed by atoms with E-state index in [2.05, 4.69) is 0 Å². The number of aliphatic carboxylic acids is 1. The van der Waals surface area contributed by atoms with Gasteiger partial charge in [-0.1, -0.05) is 48.5 Å². The first-order valence-corrected chi connectivity index (χ1v) is 9.33. The SMILES string of the molecule is O=C(O)C1(c2ccccc2)CCN(C(=O)C2(c3ccccc3F)CC2)CC1. The molecule has 4 nitrogen and oxygen atoms in total. The van der Waals surface area contributed by atoms with Gasteiger partial charge in [0.1, 0.15) is 5.82 Å². The van der Waals surface area contributed by atoms with Crippen molar-refractivity contribution >= 4 is 11.9 Å². The fourth-order valence-electron chi connectivity index (χ4n) is 4.35. The normalized spacial score (nSPS) is 20.1. The number of halogens is 1. The Morgan fingerprint density at radius 2 is 1.44 bits per heavy atom. The Bertz CT molecular complexity index is 868. The van der Waals surface area contributed by atoms with Crippen LogP contribution in [0.25, 0.3) is 0 Å². The number of piperidine rings is 1. The molecule has 2 aromatic rings. The minimum Gasteiger partial charge on any atom is -0.481 e. The number of carbonyl (C=O) groups is 2. The Labute approximate surface area is 157 Å². The molecule has 0 unspecified atom stereocenters. The first-order chi connectivity index (χ1) is 13.0. The lowest BCUT2D eigenvalue weighted by atomic mass is 9.72. The zero-order valence-corrected chi connectivity index (χ0v) is 15.0. The fourth-order valence-corrected chi connectivity index (χ4v) is 4.35. The summed E-state index contributed by atoms with van der Waals surface area (Å²) in [4.78, 5) is 27.0. The van der Waals surface area contributed by atoms with Crippen LogP contribution in [0, 0.1) is 5.82 Å². The third kappa shape index (κ3) is 2.82. The van der Waals surface area contributed by atoms with Gasteiger partial charge in [0.2, 0.25) is 5.91 Å². The molecule has 0 radical (unpaired) electrons. The van der Waals surface area contributed by atoms with E-state index in [4.69, 9.17) is 0 Å². The van der Waals surface area contributed by atoms with Crippen LogP contribution in [0.15, 0.2) is 54.6 Å². The van der Waals surface area contributed by atoms with E-state index in [1.165, 1.54) is 6.07 Å². The number of carboxylic acid groups (broad SMARTS) is 1. The highest BCUT2D eigenvalue weighted by atomic mass is 19.1. The number of nitrogens with zero attached hydrogens (tertiary/aromatic N) is 1. The summed E-state index contributed by atoms with van der Waals surface area (Å²) >= 11 is 0. The molecule has 1 saturated heterocycles. The second-order valence-electron chi connectivity index (χ2n) is 7.61. The number of carbonyl (C=O) groups excluding carboxylic acids is 1. The van der Waals surface area contributed by atoms with Gasteiger partial charge in [0, 0.05) is 18.7 Å². The average Bonchev–Trinajstić information content (AvgIpc) is 3.50. The van der Waals surface area contributed by atoms with E-state index in [-0.39, 0.29) is 11.7 Å². The second kappa shape index (κ2) is 6.48. The van der Waals surface area contributed by atoms with E-state index in [1.54, 1.807) is 23.1 Å². The molecule has 0 spiro atoms. The van der Waals surface area contributed by atoms with Crippen molar-refractivity contribution < 1.29 is 19.1 Å². The van der Waals surface area contributed by atoms with Crippen LogP contribution in [0.4, 0.5) is 4.39 Å². The molecule has 1 aliphatic heterocycles. The second-order valence-corrected chi connectivity index (χ2v) is 7.61. The molecule has 1 amide bonds. The van der Waals surface area contributed by atoms with Crippen LogP contribution < -0.4 is 0 Å². The lowest BCUT2D eigenvalue weighted by molar-refractivity contribution is -0.148. The summed E-state index contributed by atoms with van der Waals surface area (Å²) in [5.74, 6) is -1.26. The number of likely N-dealkylation sites (tertiary alicyclic amines) is 1. The molecule has 0 bridgehead atoms. The molecule has 2 aromatic carbocycles. The molecule has 1 saturated carbocycles. The standard InChI is InChI=1S/C22H22FNO3/c23-18-9-5-4-8-17(18)22(10-11-22)19(25)24-14-12-21(13-15-24,20(26)27)16-6-2-1-3-7-16/h1-9H,10-15H2,(H,26,27). The van der Waals surface area contributed by atoms with Crippen molar-refractivity contribution in [1.29, 1.82) is 0 Å². The van der Waals surface area contributed by atoms with Gasteiger partial charge >= 0.3 is 5.97 Å². The Morgan fingerprint density at radius 1 is 0.852 bits per heavy atom. The molecule has 4 rings (SSSR count). The van der Waals surface area contributed by atoms with Gasteiger partial charge in [-0.15, -0.1) is 0 Å². The van der Waals surface area contributed by atoms with Gasteiger partial charge in [-0.05, 0) is 37.3 Å². The molecule has 2 fully saturated rings. The summed E-state index contributed by atoms with van der Waals surface area (Å²) in [6.45, 7) is 0.743. The third-order valence-corrected chi connectivity index (χ3v) is 6.19. The number of rotatable bonds is 4. The summed E-state index contributed by atoms with van der Waals surface area (Å²) in [6, 6.07) is 15.7. The molecular formula is C22H22FNO3. The summed E-state index contributed by atoms with van der Waals surface area (Å²) in [5, 5.41) is 9.90. The molecule has 2 aliphatic rings. The maximum atomic E-state index is 14.3. The maximum absolute atomic E-state index is 14.3. The van der Waals surface area contributed by atoms with E-state index < -0.39 is 16.8 Å². The summed E-state index contributed by atoms with van der Waals surface area (Å²) < 4.78 is 14.3. The largest absolute Gasteiger partial charge is 0.481 e. The van der Waals surface area contributed by atoms with Crippen LogP contribution in [-0.4, -0.2) is 35.0 Å². The number of benzene rings is 2. The summed E-state index contributed by atoms with van der Waals surface area (Å²) in [7, 11) is 0. The van der Waals surface area contributed by atoms with E-state index in [9.17, 15) is 19.1 Å². The van der Waals surface area contributed by atoms with Crippen molar-refractivity contribution in [3.8, 4) is 0 Å². The van der Waals surface area contributed by atoms with E-state index >= 15 is 0 Å².